The number of ether oxygens (including phenoxy) is 2. The molecule has 0 bridgehead atoms. The summed E-state index contributed by atoms with van der Waals surface area (Å²) in [5.74, 6) is 0.895. The SMILES string of the molecule is CCc1ccc(OC)c(C2(N)CCOCC2)c1. The maximum absolute atomic E-state index is 6.52. The summed E-state index contributed by atoms with van der Waals surface area (Å²) in [6, 6.07) is 6.31. The van der Waals surface area contributed by atoms with Gasteiger partial charge in [-0.3, -0.25) is 0 Å². The monoisotopic (exact) mass is 235 g/mol. The van der Waals surface area contributed by atoms with E-state index in [0.717, 1.165) is 43.8 Å². The molecule has 1 saturated heterocycles. The quantitative estimate of drug-likeness (QED) is 0.873. The predicted octanol–water partition coefficient (Wildman–Crippen LogP) is 2.22. The molecule has 2 N–H and O–H groups in total. The molecule has 3 nitrogen and oxygen atoms in total. The van der Waals surface area contributed by atoms with Gasteiger partial charge in [0.25, 0.3) is 0 Å². The lowest BCUT2D eigenvalue weighted by Crippen LogP contribution is -2.42. The summed E-state index contributed by atoms with van der Waals surface area (Å²) in [4.78, 5) is 0. The highest BCUT2D eigenvalue weighted by Crippen LogP contribution is 2.36. The zero-order valence-electron chi connectivity index (χ0n) is 10.7. The molecule has 0 amide bonds. The van der Waals surface area contributed by atoms with Crippen molar-refractivity contribution in [1.29, 1.82) is 0 Å². The lowest BCUT2D eigenvalue weighted by Gasteiger charge is -2.35. The second-order valence-electron chi connectivity index (χ2n) is 4.66. The standard InChI is InChI=1S/C14H21NO2/c1-3-11-4-5-13(16-2)12(10-11)14(15)6-8-17-9-7-14/h4-5,10H,3,6-9,15H2,1-2H3. The van der Waals surface area contributed by atoms with Gasteiger partial charge in [0.1, 0.15) is 5.75 Å². The molecule has 1 aliphatic rings. The topological polar surface area (TPSA) is 44.5 Å². The molecule has 0 aliphatic carbocycles. The van der Waals surface area contributed by atoms with Crippen LogP contribution < -0.4 is 10.5 Å². The summed E-state index contributed by atoms with van der Waals surface area (Å²) in [7, 11) is 1.70. The Morgan fingerprint density at radius 1 is 1.35 bits per heavy atom. The van der Waals surface area contributed by atoms with Crippen LogP contribution in [0.2, 0.25) is 0 Å². The van der Waals surface area contributed by atoms with Gasteiger partial charge in [0.2, 0.25) is 0 Å². The van der Waals surface area contributed by atoms with Crippen molar-refractivity contribution in [3.63, 3.8) is 0 Å². The van der Waals surface area contributed by atoms with Gasteiger partial charge in [-0.15, -0.1) is 0 Å². The van der Waals surface area contributed by atoms with Crippen LogP contribution in [-0.2, 0) is 16.7 Å². The average Bonchev–Trinajstić information content (AvgIpc) is 2.39. The number of aryl methyl sites for hydroxylation is 1. The molecule has 0 atom stereocenters. The Balaban J connectivity index is 2.40. The van der Waals surface area contributed by atoms with E-state index < -0.39 is 0 Å². The van der Waals surface area contributed by atoms with Gasteiger partial charge in [-0.25, -0.2) is 0 Å². The normalized spacial score (nSPS) is 19.0. The molecule has 0 unspecified atom stereocenters. The van der Waals surface area contributed by atoms with E-state index in [9.17, 15) is 0 Å². The van der Waals surface area contributed by atoms with E-state index in [1.54, 1.807) is 7.11 Å². The van der Waals surface area contributed by atoms with Gasteiger partial charge in [-0.05, 0) is 30.9 Å². The van der Waals surface area contributed by atoms with Gasteiger partial charge in [-0.1, -0.05) is 19.1 Å². The lowest BCUT2D eigenvalue weighted by atomic mass is 9.82. The van der Waals surface area contributed by atoms with Crippen molar-refractivity contribution in [2.45, 2.75) is 31.7 Å². The lowest BCUT2D eigenvalue weighted by molar-refractivity contribution is 0.0514. The van der Waals surface area contributed by atoms with Gasteiger partial charge >= 0.3 is 0 Å². The maximum Gasteiger partial charge on any atom is 0.123 e. The molecule has 1 aliphatic heterocycles. The zero-order chi connectivity index (χ0) is 12.3. The Morgan fingerprint density at radius 2 is 2.06 bits per heavy atom. The number of hydrogen-bond acceptors (Lipinski definition) is 3. The fourth-order valence-electron chi connectivity index (χ4n) is 2.37. The largest absolute Gasteiger partial charge is 0.496 e. The van der Waals surface area contributed by atoms with Crippen LogP contribution in [0.4, 0.5) is 0 Å². The Labute approximate surface area is 103 Å². The van der Waals surface area contributed by atoms with Crippen molar-refractivity contribution in [2.75, 3.05) is 20.3 Å². The fourth-order valence-corrected chi connectivity index (χ4v) is 2.37. The van der Waals surface area contributed by atoms with E-state index in [-0.39, 0.29) is 5.54 Å². The third-order valence-electron chi connectivity index (χ3n) is 3.59. The van der Waals surface area contributed by atoms with Crippen molar-refractivity contribution in [1.82, 2.24) is 0 Å². The molecule has 0 aromatic heterocycles. The second kappa shape index (κ2) is 5.07. The minimum Gasteiger partial charge on any atom is -0.496 e. The molecule has 0 radical (unpaired) electrons. The van der Waals surface area contributed by atoms with E-state index in [0.29, 0.717) is 0 Å². The first-order chi connectivity index (χ1) is 8.19. The Hall–Kier alpha value is -1.06. The van der Waals surface area contributed by atoms with Crippen molar-refractivity contribution < 1.29 is 9.47 Å². The smallest absolute Gasteiger partial charge is 0.123 e. The fraction of sp³-hybridized carbons (Fsp3) is 0.571. The zero-order valence-corrected chi connectivity index (χ0v) is 10.7. The van der Waals surface area contributed by atoms with Gasteiger partial charge in [0.15, 0.2) is 0 Å². The molecule has 1 aromatic rings. The summed E-state index contributed by atoms with van der Waals surface area (Å²) >= 11 is 0. The van der Waals surface area contributed by atoms with E-state index in [4.69, 9.17) is 15.2 Å². The van der Waals surface area contributed by atoms with E-state index in [1.165, 1.54) is 5.56 Å². The molecule has 17 heavy (non-hydrogen) atoms. The number of rotatable bonds is 3. The minimum absolute atomic E-state index is 0.297. The molecule has 2 rings (SSSR count). The van der Waals surface area contributed by atoms with Gasteiger partial charge < -0.3 is 15.2 Å². The van der Waals surface area contributed by atoms with Gasteiger partial charge in [0, 0.05) is 24.3 Å². The minimum atomic E-state index is -0.297. The number of nitrogens with two attached hydrogens (primary N) is 1. The van der Waals surface area contributed by atoms with Crippen molar-refractivity contribution in [3.05, 3.63) is 29.3 Å². The molecule has 3 heteroatoms. The van der Waals surface area contributed by atoms with Crippen LogP contribution in [-0.4, -0.2) is 20.3 Å². The van der Waals surface area contributed by atoms with Crippen LogP contribution in [0.25, 0.3) is 0 Å². The molecular weight excluding hydrogens is 214 g/mol. The van der Waals surface area contributed by atoms with Crippen molar-refractivity contribution in [3.8, 4) is 5.75 Å². The molecule has 1 heterocycles. The second-order valence-corrected chi connectivity index (χ2v) is 4.66. The highest BCUT2D eigenvalue weighted by atomic mass is 16.5. The predicted molar refractivity (Wildman–Crippen MR) is 68.3 cm³/mol. The first-order valence-corrected chi connectivity index (χ1v) is 6.23. The summed E-state index contributed by atoms with van der Waals surface area (Å²) in [5.41, 5.74) is 8.65. The Bertz CT molecular complexity index is 384. The Kier molecular flexibility index (Phi) is 3.69. The van der Waals surface area contributed by atoms with E-state index in [2.05, 4.69) is 19.1 Å². The van der Waals surface area contributed by atoms with Gasteiger partial charge in [0.05, 0.1) is 7.11 Å². The third-order valence-corrected chi connectivity index (χ3v) is 3.59. The first-order valence-electron chi connectivity index (χ1n) is 6.23. The van der Waals surface area contributed by atoms with E-state index >= 15 is 0 Å². The molecular formula is C14H21NO2. The average molecular weight is 235 g/mol. The Morgan fingerprint density at radius 3 is 2.65 bits per heavy atom. The van der Waals surface area contributed by atoms with Crippen LogP contribution in [0.5, 0.6) is 5.75 Å². The highest BCUT2D eigenvalue weighted by molar-refractivity contribution is 5.42. The maximum atomic E-state index is 6.52. The van der Waals surface area contributed by atoms with Crippen LogP contribution in [0.3, 0.4) is 0 Å². The van der Waals surface area contributed by atoms with Crippen LogP contribution >= 0.6 is 0 Å². The molecule has 94 valence electrons. The molecule has 1 aromatic carbocycles. The van der Waals surface area contributed by atoms with E-state index in [1.807, 2.05) is 6.07 Å². The molecule has 1 fully saturated rings. The third kappa shape index (κ3) is 2.45. The summed E-state index contributed by atoms with van der Waals surface area (Å²) in [6.07, 6.45) is 2.73. The highest BCUT2D eigenvalue weighted by Gasteiger charge is 2.32. The van der Waals surface area contributed by atoms with Crippen LogP contribution in [0.15, 0.2) is 18.2 Å². The molecule has 0 saturated carbocycles. The summed E-state index contributed by atoms with van der Waals surface area (Å²) in [6.45, 7) is 3.62. The molecule has 0 spiro atoms. The van der Waals surface area contributed by atoms with Crippen molar-refractivity contribution >= 4 is 0 Å². The number of benzene rings is 1. The van der Waals surface area contributed by atoms with Crippen LogP contribution in [0.1, 0.15) is 30.9 Å². The first kappa shape index (κ1) is 12.4. The van der Waals surface area contributed by atoms with Gasteiger partial charge in [-0.2, -0.15) is 0 Å². The summed E-state index contributed by atoms with van der Waals surface area (Å²) in [5, 5.41) is 0. The number of hydrogen-bond donors (Lipinski definition) is 1. The van der Waals surface area contributed by atoms with Crippen LogP contribution in [0, 0.1) is 0 Å². The number of methoxy groups -OCH3 is 1. The van der Waals surface area contributed by atoms with Crippen molar-refractivity contribution in [2.24, 2.45) is 5.73 Å². The summed E-state index contributed by atoms with van der Waals surface area (Å²) < 4.78 is 10.8.